The zero-order chi connectivity index (χ0) is 97.7. The van der Waals surface area contributed by atoms with Crippen LogP contribution in [0.5, 0.6) is 34.5 Å². The molecule has 1 amide bonds. The number of methoxy groups -OCH3 is 6. The van der Waals surface area contributed by atoms with Crippen molar-refractivity contribution in [3.8, 4) is 57.0 Å². The number of hydrogen-bond acceptors (Lipinski definition) is 29. The Morgan fingerprint density at radius 2 is 0.759 bits per heavy atom. The zero-order valence-corrected chi connectivity index (χ0v) is 85.4. The molecule has 1 aliphatic heterocycles. The van der Waals surface area contributed by atoms with Crippen molar-refractivity contribution in [3.63, 3.8) is 0 Å². The predicted octanol–water partition coefficient (Wildman–Crippen LogP) is 12.2. The van der Waals surface area contributed by atoms with E-state index in [0.717, 1.165) is 33.5 Å². The van der Waals surface area contributed by atoms with Gasteiger partial charge in [-0.1, -0.05) is 174 Å². The summed E-state index contributed by atoms with van der Waals surface area (Å²) >= 11 is 15.6. The second-order valence-corrected chi connectivity index (χ2v) is 34.9. The van der Waals surface area contributed by atoms with E-state index in [1.54, 1.807) is 159 Å². The molecule has 7 aromatic carbocycles. The van der Waals surface area contributed by atoms with Crippen molar-refractivity contribution in [2.75, 3.05) is 81.8 Å². The van der Waals surface area contributed by atoms with Crippen molar-refractivity contribution < 1.29 is 87.1 Å². The van der Waals surface area contributed by atoms with E-state index in [0.29, 0.717) is 108 Å². The van der Waals surface area contributed by atoms with Crippen molar-refractivity contribution in [1.29, 1.82) is 0 Å². The van der Waals surface area contributed by atoms with Crippen molar-refractivity contribution in [2.45, 2.75) is 79.2 Å². The van der Waals surface area contributed by atoms with E-state index >= 15 is 0 Å². The van der Waals surface area contributed by atoms with Gasteiger partial charge in [0.15, 0.2) is 50.0 Å². The summed E-state index contributed by atoms with van der Waals surface area (Å²) in [4.78, 5) is 125. The normalized spacial score (nSPS) is 11.8. The summed E-state index contributed by atoms with van der Waals surface area (Å²) in [5, 5.41) is 2.55. The molecule has 0 unspecified atom stereocenters. The molecule has 0 aliphatic carbocycles. The molecule has 0 spiro atoms. The Morgan fingerprint density at radius 1 is 0.423 bits per heavy atom. The van der Waals surface area contributed by atoms with Crippen LogP contribution in [0.2, 0.25) is 10.3 Å². The van der Waals surface area contributed by atoms with Crippen LogP contribution in [-0.2, 0) is 43.6 Å². The van der Waals surface area contributed by atoms with E-state index in [1.165, 1.54) is 105 Å². The quantitative estimate of drug-likeness (QED) is 0.00877. The number of sulfone groups is 1. The molecule has 0 bridgehead atoms. The molecule has 1 fully saturated rings. The third-order valence-electron chi connectivity index (χ3n) is 20.3. The number of amides is 1. The fourth-order valence-electron chi connectivity index (χ4n) is 12.6. The zero-order valence-electron chi connectivity index (χ0n) is 77.6. The van der Waals surface area contributed by atoms with Gasteiger partial charge in [0.05, 0.1) is 92.0 Å². The second kappa shape index (κ2) is 52.3. The molecule has 7 aromatic heterocycles. The molecular formula is C98H96BBrCl2MgN12O18S4. The maximum absolute atomic E-state index is 13.0. The van der Waals surface area contributed by atoms with Crippen LogP contribution in [-0.4, -0.2) is 214 Å². The third-order valence-corrected chi connectivity index (χ3v) is 23.2. The molecule has 0 saturated carbocycles. The Morgan fingerprint density at radius 3 is 1.11 bits per heavy atom. The maximum atomic E-state index is 13.0. The molecule has 0 radical (unpaired) electrons. The fourth-order valence-corrected chi connectivity index (χ4v) is 14.7. The fraction of sp³-hybridized carbons (Fsp3) is 0.214. The van der Waals surface area contributed by atoms with Gasteiger partial charge in [-0.25, -0.2) is 53.4 Å². The van der Waals surface area contributed by atoms with Crippen LogP contribution in [0.15, 0.2) is 290 Å². The summed E-state index contributed by atoms with van der Waals surface area (Å²) < 4.78 is 73.3. The number of hydroxylamine groups is 2. The Hall–Kier alpha value is -12.2. The van der Waals surface area contributed by atoms with Gasteiger partial charge in [0.25, 0.3) is 22.6 Å². The molecule has 39 heteroatoms. The first-order valence-electron chi connectivity index (χ1n) is 41.0. The topological polar surface area (TPSA) is 358 Å². The number of rotatable bonds is 27. The van der Waals surface area contributed by atoms with E-state index in [9.17, 15) is 42.0 Å². The second-order valence-electron chi connectivity index (χ2n) is 29.9. The number of halogens is 3. The van der Waals surface area contributed by atoms with Crippen LogP contribution in [0.25, 0.3) is 22.5 Å². The summed E-state index contributed by atoms with van der Waals surface area (Å²) in [5.41, 5.74) is 6.23. The minimum Gasteiger partial charge on any atom is -1.00 e. The number of carbonyl (C=O) groups excluding carboxylic acids is 4. The van der Waals surface area contributed by atoms with Crippen molar-refractivity contribution in [2.24, 2.45) is 0 Å². The largest absolute Gasteiger partial charge is 2.00 e. The molecule has 15 rings (SSSR count). The first-order chi connectivity index (χ1) is 64.7. The molecule has 0 atom stereocenters. The maximum Gasteiger partial charge on any atom is 2.00 e. The summed E-state index contributed by atoms with van der Waals surface area (Å²) in [6, 6.07) is 70.7. The van der Waals surface area contributed by atoms with Gasteiger partial charge in [-0.05, 0) is 129 Å². The number of ether oxygens (including phenoxy) is 6. The first kappa shape index (κ1) is 110. The number of pyridine rings is 3. The van der Waals surface area contributed by atoms with E-state index in [4.69, 9.17) is 65.8 Å². The van der Waals surface area contributed by atoms with Gasteiger partial charge in [-0.15, -0.1) is 0 Å². The van der Waals surface area contributed by atoms with Crippen LogP contribution in [0.4, 0.5) is 0 Å². The van der Waals surface area contributed by atoms with Gasteiger partial charge >= 0.3 is 30.2 Å². The van der Waals surface area contributed by atoms with Crippen LogP contribution in [0, 0.1) is 6.07 Å². The van der Waals surface area contributed by atoms with Crippen molar-refractivity contribution in [1.82, 2.24) is 58.6 Å². The van der Waals surface area contributed by atoms with Gasteiger partial charge in [-0.2, -0.15) is 36.4 Å². The minimum atomic E-state index is -3.82. The van der Waals surface area contributed by atoms with Crippen LogP contribution < -0.4 is 67.5 Å². The van der Waals surface area contributed by atoms with Gasteiger partial charge in [0.1, 0.15) is 33.1 Å². The van der Waals surface area contributed by atoms with Crippen LogP contribution in [0.3, 0.4) is 0 Å². The summed E-state index contributed by atoms with van der Waals surface area (Å²) in [7, 11) is 7.96. The number of ketones is 3. The molecule has 706 valence electrons. The predicted molar refractivity (Wildman–Crippen MR) is 528 cm³/mol. The average molecular weight is 2040 g/mol. The van der Waals surface area contributed by atoms with E-state index in [2.05, 4.69) is 45.9 Å². The van der Waals surface area contributed by atoms with Gasteiger partial charge in [-0.3, -0.25) is 38.4 Å². The number of hydrogen-bond donors (Lipinski definition) is 0. The number of nitrogens with zero attached hydrogens (tertiary/aromatic N) is 12. The van der Waals surface area contributed by atoms with E-state index in [1.807, 2.05) is 143 Å². The molecule has 30 nitrogen and oxygen atoms in total. The number of carbonyl (C=O) groups is 4. The molecule has 14 aromatic rings. The molecule has 137 heavy (non-hydrogen) atoms. The monoisotopic (exact) mass is 2040 g/mol. The Labute approximate surface area is 843 Å². The number of aromatic nitrogens is 11. The van der Waals surface area contributed by atoms with Crippen LogP contribution >= 0.6 is 58.5 Å². The number of thioether (sulfide) groups is 3. The summed E-state index contributed by atoms with van der Waals surface area (Å²) in [5.74, 6) is 2.44. The molecule has 8 heterocycles. The van der Waals surface area contributed by atoms with Gasteiger partial charge < -0.3 is 68.4 Å². The standard InChI is InChI=1S/C26H23N3O6S.C26H23N3O4S.C20H26BNO5.C12H9ClN2OS.C8H10ClN3O2S.C6H5.BrH.Mg/c1-34-22-11-9-17(13-23(22)35-2)15-29-16-19(10-12-24(29)30)20-14-21(28-26(27-20)36(3,32)33)25(31)18-7-5-4-6-8-18;1-32-22-11-9-17(13-23(22)33-2)15-29-16-19(10-12-24(29)30)20-14-21(28-26(27-20)34-3)25(31)18-7-5-4-6-8-18;1-19(2)20(3,4)27-21(26-19)15-8-10-18(23)22(13-15)12-14-7-9-16(24-5)17(11-14)25-6;1-17-12-14-9(7-10(13)15-12)11(16)8-5-3-2-4-6-8;1-12(14-2)7(13)5-4-6(9)11-8(10-5)15-3;1-2-4-6-5-3-1;;/h4-14,16H,15H2,1-3H3;4-14,16H,15H2,1-3H3;7-11,13H,12H2,1-6H3;2-7H,1H3;4H,1-3H3;1-5H;1H;/q;;;;;-1;;+2/p-1. The van der Waals surface area contributed by atoms with E-state index in [-0.39, 0.29) is 108 Å². The number of benzene rings is 7. The minimum absolute atomic E-state index is 0. The molecule has 1 aliphatic rings. The Balaban J connectivity index is 0.000000212. The first-order valence-corrected chi connectivity index (χ1v) is 47.3. The van der Waals surface area contributed by atoms with Crippen LogP contribution in [0.1, 0.15) is 103 Å². The summed E-state index contributed by atoms with van der Waals surface area (Å²) in [6.45, 7) is 8.99. The third kappa shape index (κ3) is 30.6. The Bertz CT molecular complexity index is 6770. The Kier molecular flexibility index (Phi) is 42.1. The molecular weight excluding hydrogens is 1950 g/mol. The average Bonchev–Trinajstić information content (AvgIpc) is 1.48. The SMILES string of the molecule is CON(C)C(=O)c1cc(Cl)nc(SC)n1.COc1ccc(Cn2cc(-c3cc(C(=O)c4ccccc4)nc(S(C)(=O)=O)n3)ccc2=O)cc1OC.COc1ccc(Cn2cc(-c3cc(C(=O)c4ccccc4)nc(SC)n3)ccc2=O)cc1OC.COc1ccc(Cn2cc(B3OC(C)(C)C(C)(C)O3)ccc2=O)cc1OC.CSc1nc(Cl)cc(C(=O)c2ccccc2)n1.[Br-].[Mg+2].[c-]1ccccc1. The van der Waals surface area contributed by atoms with Crippen molar-refractivity contribution >= 4 is 127 Å². The van der Waals surface area contributed by atoms with E-state index < -0.39 is 39.1 Å². The van der Waals surface area contributed by atoms with Gasteiger partial charge in [0.2, 0.25) is 32.3 Å². The summed E-state index contributed by atoms with van der Waals surface area (Å²) in [6.07, 6.45) is 11.6. The van der Waals surface area contributed by atoms with Gasteiger partial charge in [0, 0.05) is 90.0 Å². The molecule has 1 saturated heterocycles. The molecule has 0 N–H and O–H groups in total. The van der Waals surface area contributed by atoms with Crippen molar-refractivity contribution in [3.05, 3.63) is 359 Å². The smallest absolute Gasteiger partial charge is 1.00 e.